The normalized spacial score (nSPS) is 30.4. The van der Waals surface area contributed by atoms with Gasteiger partial charge in [0.15, 0.2) is 0 Å². The van der Waals surface area contributed by atoms with E-state index in [2.05, 4.69) is 5.32 Å². The number of piperidine rings is 1. The van der Waals surface area contributed by atoms with Crippen LogP contribution in [0.1, 0.15) is 30.7 Å². The summed E-state index contributed by atoms with van der Waals surface area (Å²) in [6, 6.07) is 7.27. The Balaban J connectivity index is 2.01. The van der Waals surface area contributed by atoms with E-state index in [1.165, 1.54) is 0 Å². The van der Waals surface area contributed by atoms with Crippen molar-refractivity contribution in [3.05, 3.63) is 34.9 Å². The Morgan fingerprint density at radius 3 is 2.65 bits per heavy atom. The minimum atomic E-state index is -0.411. The first-order valence-electron chi connectivity index (χ1n) is 6.78. The van der Waals surface area contributed by atoms with E-state index in [-0.39, 0.29) is 17.7 Å². The van der Waals surface area contributed by atoms with Crippen LogP contribution in [0.5, 0.6) is 0 Å². The number of ether oxygens (including phenoxy) is 1. The molecule has 2 unspecified atom stereocenters. The van der Waals surface area contributed by atoms with Crippen LogP contribution in [0.4, 0.5) is 0 Å². The molecular weight excluding hydrogens is 278 g/mol. The molecular formula is C15H16ClNO3. The van der Waals surface area contributed by atoms with Crippen molar-refractivity contribution in [2.24, 2.45) is 5.41 Å². The molecule has 0 saturated carbocycles. The molecule has 2 amide bonds. The third-order valence-electron chi connectivity index (χ3n) is 4.21. The van der Waals surface area contributed by atoms with Gasteiger partial charge in [-0.05, 0) is 30.5 Å². The predicted molar refractivity (Wildman–Crippen MR) is 74.4 cm³/mol. The molecule has 2 fully saturated rings. The summed E-state index contributed by atoms with van der Waals surface area (Å²) in [5, 5.41) is 3.08. The Bertz CT molecular complexity index is 535. The number of hydrogen-bond acceptors (Lipinski definition) is 3. The van der Waals surface area contributed by atoms with Gasteiger partial charge < -0.3 is 4.74 Å². The molecule has 0 radical (unpaired) electrons. The van der Waals surface area contributed by atoms with Gasteiger partial charge in [0.1, 0.15) is 0 Å². The van der Waals surface area contributed by atoms with Gasteiger partial charge in [-0.1, -0.05) is 23.7 Å². The second kappa shape index (κ2) is 5.19. The maximum Gasteiger partial charge on any atom is 0.234 e. The average molecular weight is 294 g/mol. The third-order valence-corrected chi connectivity index (χ3v) is 4.46. The number of carbonyl (C=O) groups is 2. The molecule has 2 heterocycles. The molecule has 3 rings (SSSR count). The fourth-order valence-corrected chi connectivity index (χ4v) is 3.48. The number of halogens is 1. The first-order chi connectivity index (χ1) is 9.61. The van der Waals surface area contributed by atoms with Crippen LogP contribution >= 0.6 is 11.6 Å². The Hall–Kier alpha value is -1.39. The molecule has 4 nitrogen and oxygen atoms in total. The summed E-state index contributed by atoms with van der Waals surface area (Å²) in [5.41, 5.74) is 0.482. The zero-order valence-corrected chi connectivity index (χ0v) is 11.8. The van der Waals surface area contributed by atoms with Gasteiger partial charge in [0.05, 0.1) is 12.5 Å². The molecule has 2 aliphatic heterocycles. The van der Waals surface area contributed by atoms with Gasteiger partial charge >= 0.3 is 0 Å². The molecule has 5 heteroatoms. The molecule has 20 heavy (non-hydrogen) atoms. The Labute approximate surface area is 122 Å². The lowest BCUT2D eigenvalue weighted by atomic mass is 9.64. The van der Waals surface area contributed by atoms with E-state index in [9.17, 15) is 9.59 Å². The first kappa shape index (κ1) is 13.6. The van der Waals surface area contributed by atoms with Gasteiger partial charge in [-0.15, -0.1) is 0 Å². The summed E-state index contributed by atoms with van der Waals surface area (Å²) < 4.78 is 5.58. The van der Waals surface area contributed by atoms with Crippen LogP contribution in [0.2, 0.25) is 5.02 Å². The van der Waals surface area contributed by atoms with E-state index in [1.807, 2.05) is 12.1 Å². The van der Waals surface area contributed by atoms with Crippen LogP contribution in [-0.4, -0.2) is 25.0 Å². The van der Waals surface area contributed by atoms with Crippen LogP contribution in [-0.2, 0) is 14.3 Å². The average Bonchev–Trinajstić information content (AvgIpc) is 2.41. The van der Waals surface area contributed by atoms with Crippen molar-refractivity contribution >= 4 is 23.4 Å². The van der Waals surface area contributed by atoms with Gasteiger partial charge in [0.2, 0.25) is 11.8 Å². The summed E-state index contributed by atoms with van der Waals surface area (Å²) in [4.78, 5) is 24.1. The Morgan fingerprint density at radius 1 is 1.25 bits per heavy atom. The minimum absolute atomic E-state index is 0.203. The standard InChI is InChI=1S/C15H16ClNO3/c16-11-4-2-10(3-5-11)13-14(19)17-12(18)8-15(13)6-1-7-20-9-15/h2-5,13H,1,6-9H2,(H,17,18,19). The predicted octanol–water partition coefficient (Wildman–Crippen LogP) is 2.27. The SMILES string of the molecule is O=C1CC2(CCCOC2)C(c2ccc(Cl)cc2)C(=O)N1. The van der Waals surface area contributed by atoms with E-state index < -0.39 is 5.41 Å². The van der Waals surface area contributed by atoms with E-state index in [1.54, 1.807) is 12.1 Å². The van der Waals surface area contributed by atoms with Crippen LogP contribution < -0.4 is 5.32 Å². The fraction of sp³-hybridized carbons (Fsp3) is 0.467. The van der Waals surface area contributed by atoms with Gasteiger partial charge in [0, 0.05) is 23.5 Å². The smallest absolute Gasteiger partial charge is 0.234 e. The monoisotopic (exact) mass is 293 g/mol. The molecule has 0 aromatic heterocycles. The molecule has 0 bridgehead atoms. The van der Waals surface area contributed by atoms with Gasteiger partial charge in [0.25, 0.3) is 0 Å². The number of carbonyl (C=O) groups excluding carboxylic acids is 2. The van der Waals surface area contributed by atoms with Crippen molar-refractivity contribution in [1.29, 1.82) is 0 Å². The van der Waals surface area contributed by atoms with Crippen molar-refractivity contribution < 1.29 is 14.3 Å². The zero-order valence-electron chi connectivity index (χ0n) is 11.0. The largest absolute Gasteiger partial charge is 0.381 e. The summed E-state index contributed by atoms with van der Waals surface area (Å²) in [7, 11) is 0. The van der Waals surface area contributed by atoms with Crippen molar-refractivity contribution in [2.75, 3.05) is 13.2 Å². The van der Waals surface area contributed by atoms with Crippen LogP contribution in [0.15, 0.2) is 24.3 Å². The molecule has 2 aliphatic rings. The van der Waals surface area contributed by atoms with E-state index >= 15 is 0 Å². The molecule has 1 aromatic carbocycles. The number of nitrogens with one attached hydrogen (secondary N) is 1. The number of hydrogen-bond donors (Lipinski definition) is 1. The quantitative estimate of drug-likeness (QED) is 0.808. The maximum atomic E-state index is 12.3. The zero-order chi connectivity index (χ0) is 14.2. The van der Waals surface area contributed by atoms with Gasteiger partial charge in [-0.2, -0.15) is 0 Å². The highest BCUT2D eigenvalue weighted by Gasteiger charge is 2.50. The number of rotatable bonds is 1. The molecule has 2 atom stereocenters. The third kappa shape index (κ3) is 2.34. The number of amides is 2. The second-order valence-electron chi connectivity index (χ2n) is 5.59. The van der Waals surface area contributed by atoms with Crippen LogP contribution in [0.25, 0.3) is 0 Å². The number of benzene rings is 1. The molecule has 2 saturated heterocycles. The first-order valence-corrected chi connectivity index (χ1v) is 7.15. The van der Waals surface area contributed by atoms with Crippen LogP contribution in [0.3, 0.4) is 0 Å². The summed E-state index contributed by atoms with van der Waals surface area (Å²) in [6.07, 6.45) is 2.05. The van der Waals surface area contributed by atoms with E-state index in [0.717, 1.165) is 18.4 Å². The number of imide groups is 1. The summed E-state index contributed by atoms with van der Waals surface area (Å²) in [5.74, 6) is -0.780. The fourth-order valence-electron chi connectivity index (χ4n) is 3.35. The molecule has 0 aliphatic carbocycles. The van der Waals surface area contributed by atoms with Crippen molar-refractivity contribution in [3.63, 3.8) is 0 Å². The van der Waals surface area contributed by atoms with Gasteiger partial charge in [-0.3, -0.25) is 14.9 Å². The van der Waals surface area contributed by atoms with E-state index in [4.69, 9.17) is 16.3 Å². The van der Waals surface area contributed by atoms with Crippen LogP contribution in [0, 0.1) is 5.41 Å². The lowest BCUT2D eigenvalue weighted by Crippen LogP contribution is -2.53. The molecule has 1 aromatic rings. The van der Waals surface area contributed by atoms with Crippen molar-refractivity contribution in [2.45, 2.75) is 25.2 Å². The minimum Gasteiger partial charge on any atom is -0.381 e. The molecule has 1 N–H and O–H groups in total. The lowest BCUT2D eigenvalue weighted by Gasteiger charge is -2.44. The topological polar surface area (TPSA) is 55.4 Å². The maximum absolute atomic E-state index is 12.3. The lowest BCUT2D eigenvalue weighted by molar-refractivity contribution is -0.146. The van der Waals surface area contributed by atoms with Crippen molar-refractivity contribution in [1.82, 2.24) is 5.32 Å². The van der Waals surface area contributed by atoms with Gasteiger partial charge in [-0.25, -0.2) is 0 Å². The summed E-state index contributed by atoms with van der Waals surface area (Å²) in [6.45, 7) is 1.16. The molecule has 106 valence electrons. The Kier molecular flexibility index (Phi) is 3.52. The Morgan fingerprint density at radius 2 is 2.00 bits per heavy atom. The molecule has 1 spiro atoms. The van der Waals surface area contributed by atoms with Crippen molar-refractivity contribution in [3.8, 4) is 0 Å². The highest BCUT2D eigenvalue weighted by atomic mass is 35.5. The highest BCUT2D eigenvalue weighted by Crippen LogP contribution is 2.47. The second-order valence-corrected chi connectivity index (χ2v) is 6.03. The van der Waals surface area contributed by atoms with E-state index in [0.29, 0.717) is 24.7 Å². The summed E-state index contributed by atoms with van der Waals surface area (Å²) >= 11 is 5.91. The highest BCUT2D eigenvalue weighted by molar-refractivity contribution is 6.30.